The van der Waals surface area contributed by atoms with Gasteiger partial charge in [-0.2, -0.15) is 0 Å². The third-order valence-corrected chi connectivity index (χ3v) is 3.92. The van der Waals surface area contributed by atoms with Crippen LogP contribution in [0.3, 0.4) is 0 Å². The second-order valence-corrected chi connectivity index (χ2v) is 5.92. The first-order valence-corrected chi connectivity index (χ1v) is 7.58. The lowest BCUT2D eigenvalue weighted by molar-refractivity contribution is -0.150. The molecule has 1 fully saturated rings. The summed E-state index contributed by atoms with van der Waals surface area (Å²) >= 11 is 0. The van der Waals surface area contributed by atoms with Gasteiger partial charge in [-0.3, -0.25) is 14.5 Å². The number of likely N-dealkylation sites (tertiary alicyclic amines) is 1. The molecule has 1 heterocycles. The molecule has 0 aromatic carbocycles. The minimum Gasteiger partial charge on any atom is -0.468 e. The molecule has 1 saturated heterocycles. The van der Waals surface area contributed by atoms with E-state index in [4.69, 9.17) is 4.74 Å². The van der Waals surface area contributed by atoms with Gasteiger partial charge in [-0.05, 0) is 38.6 Å². The fourth-order valence-electron chi connectivity index (χ4n) is 2.59. The number of hydrogen-bond acceptors (Lipinski definition) is 4. The number of carbonyl (C=O) groups is 2. The second-order valence-electron chi connectivity index (χ2n) is 5.92. The summed E-state index contributed by atoms with van der Waals surface area (Å²) in [5.74, 6) is 0.344. The van der Waals surface area contributed by atoms with Crippen LogP contribution in [0.4, 0.5) is 0 Å². The van der Waals surface area contributed by atoms with Crippen molar-refractivity contribution in [2.75, 3.05) is 20.2 Å². The Hall–Kier alpha value is -1.10. The Morgan fingerprint density at radius 2 is 2.00 bits per heavy atom. The minimum absolute atomic E-state index is 0.00135. The lowest BCUT2D eigenvalue weighted by Gasteiger charge is -2.37. The zero-order valence-corrected chi connectivity index (χ0v) is 13.1. The van der Waals surface area contributed by atoms with Crippen molar-refractivity contribution in [1.29, 1.82) is 0 Å². The minimum atomic E-state index is -0.286. The molecule has 5 nitrogen and oxygen atoms in total. The van der Waals surface area contributed by atoms with Gasteiger partial charge in [0.1, 0.15) is 6.04 Å². The summed E-state index contributed by atoms with van der Waals surface area (Å²) in [6.45, 7) is 7.60. The molecule has 0 bridgehead atoms. The van der Waals surface area contributed by atoms with Gasteiger partial charge in [0.05, 0.1) is 13.2 Å². The fourth-order valence-corrected chi connectivity index (χ4v) is 2.59. The molecule has 116 valence electrons. The Balaban J connectivity index is 2.55. The molecule has 0 aromatic rings. The summed E-state index contributed by atoms with van der Waals surface area (Å²) in [7, 11) is 1.41. The topological polar surface area (TPSA) is 58.6 Å². The number of esters is 1. The number of methoxy groups -OCH3 is 1. The van der Waals surface area contributed by atoms with E-state index in [0.29, 0.717) is 12.5 Å². The number of nitrogens with zero attached hydrogens (tertiary/aromatic N) is 1. The van der Waals surface area contributed by atoms with Crippen molar-refractivity contribution in [1.82, 2.24) is 10.2 Å². The van der Waals surface area contributed by atoms with Crippen molar-refractivity contribution >= 4 is 11.9 Å². The molecule has 1 N–H and O–H groups in total. The SMILES string of the molecule is COC(=O)[C@H]1CCCCN1C(C)C(=O)NCCC(C)C. The van der Waals surface area contributed by atoms with Crippen LogP contribution in [0, 0.1) is 5.92 Å². The Morgan fingerprint density at radius 3 is 2.60 bits per heavy atom. The highest BCUT2D eigenvalue weighted by Gasteiger charge is 2.35. The molecule has 1 aliphatic heterocycles. The van der Waals surface area contributed by atoms with Crippen LogP contribution in [-0.4, -0.2) is 49.1 Å². The van der Waals surface area contributed by atoms with Crippen LogP contribution in [0.25, 0.3) is 0 Å². The molecule has 1 unspecified atom stereocenters. The molecule has 1 aliphatic rings. The van der Waals surface area contributed by atoms with Crippen LogP contribution in [0.15, 0.2) is 0 Å². The predicted octanol–water partition coefficient (Wildman–Crippen LogP) is 1.56. The third-order valence-electron chi connectivity index (χ3n) is 3.92. The molecule has 0 aromatic heterocycles. The van der Waals surface area contributed by atoms with Crippen molar-refractivity contribution in [3.05, 3.63) is 0 Å². The molecular weight excluding hydrogens is 256 g/mol. The maximum Gasteiger partial charge on any atom is 0.323 e. The highest BCUT2D eigenvalue weighted by Crippen LogP contribution is 2.20. The number of amides is 1. The van der Waals surface area contributed by atoms with Crippen LogP contribution in [0.2, 0.25) is 0 Å². The molecular formula is C15H28N2O3. The first-order valence-electron chi connectivity index (χ1n) is 7.58. The molecule has 0 saturated carbocycles. The molecule has 20 heavy (non-hydrogen) atoms. The molecule has 1 amide bonds. The summed E-state index contributed by atoms with van der Waals surface area (Å²) in [5.41, 5.74) is 0. The van der Waals surface area contributed by atoms with Crippen LogP contribution in [0.5, 0.6) is 0 Å². The van der Waals surface area contributed by atoms with Crippen LogP contribution >= 0.6 is 0 Å². The average molecular weight is 284 g/mol. The second kappa shape index (κ2) is 8.25. The molecule has 0 aliphatic carbocycles. The van der Waals surface area contributed by atoms with Crippen LogP contribution < -0.4 is 5.32 Å². The quantitative estimate of drug-likeness (QED) is 0.752. The van der Waals surface area contributed by atoms with Crippen molar-refractivity contribution < 1.29 is 14.3 Å². The zero-order chi connectivity index (χ0) is 15.1. The Kier molecular flexibility index (Phi) is 6.99. The standard InChI is InChI=1S/C15H28N2O3/c1-11(2)8-9-16-14(18)12(3)17-10-6-5-7-13(17)15(19)20-4/h11-13H,5-10H2,1-4H3,(H,16,18)/t12?,13-/m1/s1. The maximum absolute atomic E-state index is 12.2. The van der Waals surface area contributed by atoms with E-state index in [2.05, 4.69) is 19.2 Å². The van der Waals surface area contributed by atoms with Gasteiger partial charge in [-0.1, -0.05) is 20.3 Å². The Bertz CT molecular complexity index is 331. The Labute approximate surface area is 122 Å². The molecule has 0 spiro atoms. The average Bonchev–Trinajstić information content (AvgIpc) is 2.45. The van der Waals surface area contributed by atoms with E-state index >= 15 is 0 Å². The maximum atomic E-state index is 12.2. The fraction of sp³-hybridized carbons (Fsp3) is 0.867. The number of nitrogens with one attached hydrogen (secondary N) is 1. The van der Waals surface area contributed by atoms with Crippen LogP contribution in [0.1, 0.15) is 46.5 Å². The number of ether oxygens (including phenoxy) is 1. The van der Waals surface area contributed by atoms with Gasteiger partial charge < -0.3 is 10.1 Å². The highest BCUT2D eigenvalue weighted by atomic mass is 16.5. The number of carbonyl (C=O) groups excluding carboxylic acids is 2. The first-order chi connectivity index (χ1) is 9.47. The number of hydrogen-bond donors (Lipinski definition) is 1. The van der Waals surface area contributed by atoms with E-state index in [1.165, 1.54) is 7.11 Å². The highest BCUT2D eigenvalue weighted by molar-refractivity contribution is 5.83. The molecule has 0 radical (unpaired) electrons. The van der Waals surface area contributed by atoms with Gasteiger partial charge in [-0.25, -0.2) is 0 Å². The van der Waals surface area contributed by atoms with Gasteiger partial charge in [-0.15, -0.1) is 0 Å². The third kappa shape index (κ3) is 4.78. The number of piperidine rings is 1. The Morgan fingerprint density at radius 1 is 1.30 bits per heavy atom. The first kappa shape index (κ1) is 17.0. The predicted molar refractivity (Wildman–Crippen MR) is 78.3 cm³/mol. The normalized spacial score (nSPS) is 21.6. The van der Waals surface area contributed by atoms with Gasteiger partial charge in [0.15, 0.2) is 0 Å². The molecule has 5 heteroatoms. The van der Waals surface area contributed by atoms with Crippen LogP contribution in [-0.2, 0) is 14.3 Å². The summed E-state index contributed by atoms with van der Waals surface area (Å²) in [5, 5.41) is 2.96. The summed E-state index contributed by atoms with van der Waals surface area (Å²) < 4.78 is 4.85. The van der Waals surface area contributed by atoms with Gasteiger partial charge in [0.2, 0.25) is 5.91 Å². The van der Waals surface area contributed by atoms with E-state index in [0.717, 1.165) is 32.2 Å². The van der Waals surface area contributed by atoms with Crippen molar-refractivity contribution in [2.24, 2.45) is 5.92 Å². The van der Waals surface area contributed by atoms with E-state index in [9.17, 15) is 9.59 Å². The largest absolute Gasteiger partial charge is 0.468 e. The van der Waals surface area contributed by atoms with E-state index in [1.54, 1.807) is 0 Å². The lowest BCUT2D eigenvalue weighted by Crippen LogP contribution is -2.54. The van der Waals surface area contributed by atoms with Crippen molar-refractivity contribution in [3.63, 3.8) is 0 Å². The lowest BCUT2D eigenvalue weighted by atomic mass is 10.00. The van der Waals surface area contributed by atoms with Crippen molar-refractivity contribution in [3.8, 4) is 0 Å². The number of rotatable bonds is 6. The molecule has 2 atom stereocenters. The van der Waals surface area contributed by atoms with E-state index in [1.807, 2.05) is 11.8 Å². The summed E-state index contributed by atoms with van der Waals surface area (Å²) in [4.78, 5) is 26.0. The molecule has 1 rings (SSSR count). The monoisotopic (exact) mass is 284 g/mol. The van der Waals surface area contributed by atoms with E-state index < -0.39 is 0 Å². The summed E-state index contributed by atoms with van der Waals surface area (Å²) in [6.07, 6.45) is 3.78. The summed E-state index contributed by atoms with van der Waals surface area (Å²) in [6, 6.07) is -0.564. The van der Waals surface area contributed by atoms with E-state index in [-0.39, 0.29) is 24.0 Å². The smallest absolute Gasteiger partial charge is 0.323 e. The van der Waals surface area contributed by atoms with Gasteiger partial charge in [0.25, 0.3) is 0 Å². The zero-order valence-electron chi connectivity index (χ0n) is 13.1. The van der Waals surface area contributed by atoms with Gasteiger partial charge in [0, 0.05) is 6.54 Å². The van der Waals surface area contributed by atoms with Gasteiger partial charge >= 0.3 is 5.97 Å². The van der Waals surface area contributed by atoms with Crippen molar-refractivity contribution in [2.45, 2.75) is 58.5 Å².